The Morgan fingerprint density at radius 3 is 1.72 bits per heavy atom. The third kappa shape index (κ3) is 4.41. The molecule has 0 atom stereocenters. The smallest absolute Gasteiger partial charge is 0.0714 e. The van der Waals surface area contributed by atoms with Crippen LogP contribution in [0, 0.1) is 0 Å². The molecule has 2 aliphatic carbocycles. The van der Waals surface area contributed by atoms with Gasteiger partial charge in [0.25, 0.3) is 0 Å². The lowest BCUT2D eigenvalue weighted by atomic mass is 9.68. The van der Waals surface area contributed by atoms with Gasteiger partial charge < -0.3 is 4.90 Å². The van der Waals surface area contributed by atoms with E-state index in [4.69, 9.17) is 0 Å². The molecule has 0 saturated heterocycles. The molecule has 1 nitrogen and oxygen atoms in total. The van der Waals surface area contributed by atoms with Crippen LogP contribution in [0.25, 0.3) is 53.2 Å². The number of fused-ring (bicyclic) bond motifs is 11. The van der Waals surface area contributed by atoms with E-state index >= 15 is 0 Å². The first-order chi connectivity index (χ1) is 28.6. The van der Waals surface area contributed by atoms with E-state index < -0.39 is 5.41 Å². The zero-order valence-electron chi connectivity index (χ0n) is 32.4. The van der Waals surface area contributed by atoms with Crippen LogP contribution in [0.5, 0.6) is 0 Å². The number of rotatable bonds is 5. The zero-order chi connectivity index (χ0) is 38.6. The molecule has 0 unspecified atom stereocenters. The molecule has 1 heterocycles. The molecule has 0 bridgehead atoms. The van der Waals surface area contributed by atoms with Gasteiger partial charge in [-0.15, -0.1) is 11.3 Å². The summed E-state index contributed by atoms with van der Waals surface area (Å²) in [6.07, 6.45) is 0. The lowest BCUT2D eigenvalue weighted by Crippen LogP contribution is -2.28. The Morgan fingerprint density at radius 1 is 0.414 bits per heavy atom. The van der Waals surface area contributed by atoms with Crippen molar-refractivity contribution >= 4 is 59.3 Å². The minimum absolute atomic E-state index is 0.197. The quantitative estimate of drug-likeness (QED) is 0.169. The van der Waals surface area contributed by atoms with Gasteiger partial charge in [0, 0.05) is 32.0 Å². The van der Waals surface area contributed by atoms with Gasteiger partial charge in [-0.3, -0.25) is 0 Å². The lowest BCUT2D eigenvalue weighted by Gasteiger charge is -2.35. The molecule has 9 aromatic carbocycles. The predicted molar refractivity (Wildman–Crippen MR) is 246 cm³/mol. The van der Waals surface area contributed by atoms with E-state index in [9.17, 15) is 0 Å². The Balaban J connectivity index is 1.27. The number of thiophene rings is 1. The fourth-order valence-corrected chi connectivity index (χ4v) is 12.0. The highest BCUT2D eigenvalue weighted by molar-refractivity contribution is 7.26. The van der Waals surface area contributed by atoms with E-state index in [1.807, 2.05) is 11.3 Å². The van der Waals surface area contributed by atoms with Gasteiger partial charge in [-0.05, 0) is 79.5 Å². The minimum atomic E-state index is -0.514. The summed E-state index contributed by atoms with van der Waals surface area (Å²) in [5, 5.41) is 5.16. The summed E-state index contributed by atoms with van der Waals surface area (Å²) in [5.41, 5.74) is 16.0. The summed E-state index contributed by atoms with van der Waals surface area (Å²) < 4.78 is 2.59. The first-order valence-electron chi connectivity index (χ1n) is 20.3. The van der Waals surface area contributed by atoms with Crippen LogP contribution >= 0.6 is 11.3 Å². The summed E-state index contributed by atoms with van der Waals surface area (Å²) in [6.45, 7) is 4.82. The summed E-state index contributed by atoms with van der Waals surface area (Å²) in [7, 11) is 0. The molecule has 58 heavy (non-hydrogen) atoms. The van der Waals surface area contributed by atoms with Crippen LogP contribution in [-0.2, 0) is 10.8 Å². The van der Waals surface area contributed by atoms with E-state index in [1.54, 1.807) is 0 Å². The van der Waals surface area contributed by atoms with Crippen molar-refractivity contribution in [3.63, 3.8) is 0 Å². The average Bonchev–Trinajstić information content (AvgIpc) is 3.89. The number of hydrogen-bond donors (Lipinski definition) is 0. The molecule has 2 aliphatic rings. The second kappa shape index (κ2) is 12.4. The summed E-state index contributed by atoms with van der Waals surface area (Å²) in [6, 6.07) is 74.9. The molecule has 2 heteroatoms. The summed E-state index contributed by atoms with van der Waals surface area (Å²) >= 11 is 1.90. The van der Waals surface area contributed by atoms with Gasteiger partial charge in [-0.1, -0.05) is 190 Å². The molecule has 0 amide bonds. The lowest BCUT2D eigenvalue weighted by molar-refractivity contribution is 0.666. The van der Waals surface area contributed by atoms with Crippen molar-refractivity contribution in [3.8, 4) is 22.3 Å². The van der Waals surface area contributed by atoms with Crippen molar-refractivity contribution in [2.75, 3.05) is 4.90 Å². The maximum Gasteiger partial charge on any atom is 0.0714 e. The molecule has 0 fully saturated rings. The Bertz CT molecular complexity index is 3220. The van der Waals surface area contributed by atoms with Crippen LogP contribution in [-0.4, -0.2) is 0 Å². The topological polar surface area (TPSA) is 3.24 Å². The monoisotopic (exact) mass is 757 g/mol. The molecule has 0 spiro atoms. The van der Waals surface area contributed by atoms with Gasteiger partial charge in [0.15, 0.2) is 0 Å². The van der Waals surface area contributed by atoms with Crippen LogP contribution in [0.4, 0.5) is 17.1 Å². The van der Waals surface area contributed by atoms with Crippen LogP contribution in [0.3, 0.4) is 0 Å². The van der Waals surface area contributed by atoms with E-state index in [0.29, 0.717) is 0 Å². The molecule has 1 aromatic heterocycles. The van der Waals surface area contributed by atoms with Crippen molar-refractivity contribution in [1.82, 2.24) is 0 Å². The number of benzene rings is 9. The van der Waals surface area contributed by atoms with Crippen molar-refractivity contribution in [3.05, 3.63) is 234 Å². The standard InChI is InChI=1S/C56H39NS/c1-55(2)44-29-14-11-26-42(44)52-49(35-36-19-9-10-24-39(36)53(52)55)57(48-33-17-28-41-40-25-13-16-34-50(40)58-54(41)48)47-32-18-31-46-51(47)43-27-12-15-30-45(43)56(46,37-20-5-3-6-21-37)38-22-7-4-8-23-38/h3-35H,1-2H3. The molecule has 10 aromatic rings. The number of anilines is 3. The Labute approximate surface area is 343 Å². The average molecular weight is 758 g/mol. The fourth-order valence-electron chi connectivity index (χ4n) is 10.8. The number of hydrogen-bond acceptors (Lipinski definition) is 2. The van der Waals surface area contributed by atoms with E-state index in [-0.39, 0.29) is 5.41 Å². The van der Waals surface area contributed by atoms with Crippen molar-refractivity contribution in [2.45, 2.75) is 24.7 Å². The van der Waals surface area contributed by atoms with Crippen molar-refractivity contribution in [2.24, 2.45) is 0 Å². The third-order valence-electron chi connectivity index (χ3n) is 13.1. The van der Waals surface area contributed by atoms with Gasteiger partial charge in [0.1, 0.15) is 0 Å². The predicted octanol–water partition coefficient (Wildman–Crippen LogP) is 15.3. The first kappa shape index (κ1) is 33.4. The van der Waals surface area contributed by atoms with Gasteiger partial charge in [0.2, 0.25) is 0 Å². The van der Waals surface area contributed by atoms with Gasteiger partial charge in [-0.2, -0.15) is 0 Å². The van der Waals surface area contributed by atoms with Crippen molar-refractivity contribution in [1.29, 1.82) is 0 Å². The largest absolute Gasteiger partial charge is 0.308 e. The van der Waals surface area contributed by atoms with Crippen molar-refractivity contribution < 1.29 is 0 Å². The number of nitrogens with zero attached hydrogens (tertiary/aromatic N) is 1. The highest BCUT2D eigenvalue weighted by atomic mass is 32.1. The fraction of sp³-hybridized carbons (Fsp3) is 0.0714. The third-order valence-corrected chi connectivity index (χ3v) is 14.3. The molecule has 0 radical (unpaired) electrons. The Kier molecular flexibility index (Phi) is 7.13. The molecule has 0 N–H and O–H groups in total. The maximum atomic E-state index is 2.64. The minimum Gasteiger partial charge on any atom is -0.308 e. The normalized spacial score (nSPS) is 14.3. The summed E-state index contributed by atoms with van der Waals surface area (Å²) in [5.74, 6) is 0. The Hall–Kier alpha value is -6.74. The molecule has 0 saturated carbocycles. The van der Waals surface area contributed by atoms with Crippen LogP contribution in [0.1, 0.15) is 47.2 Å². The molecular weight excluding hydrogens is 719 g/mol. The highest BCUT2D eigenvalue weighted by Crippen LogP contribution is 2.62. The van der Waals surface area contributed by atoms with E-state index in [2.05, 4.69) is 219 Å². The van der Waals surface area contributed by atoms with Gasteiger partial charge >= 0.3 is 0 Å². The van der Waals surface area contributed by atoms with Crippen LogP contribution < -0.4 is 4.90 Å². The first-order valence-corrected chi connectivity index (χ1v) is 21.1. The van der Waals surface area contributed by atoms with Crippen LogP contribution in [0.2, 0.25) is 0 Å². The second-order valence-electron chi connectivity index (χ2n) is 16.4. The van der Waals surface area contributed by atoms with E-state index in [1.165, 1.54) is 104 Å². The van der Waals surface area contributed by atoms with Crippen LogP contribution in [0.15, 0.2) is 200 Å². The molecule has 0 aliphatic heterocycles. The second-order valence-corrected chi connectivity index (χ2v) is 17.4. The van der Waals surface area contributed by atoms with E-state index in [0.717, 1.165) is 0 Å². The van der Waals surface area contributed by atoms with Gasteiger partial charge in [0.05, 0.1) is 27.2 Å². The Morgan fingerprint density at radius 2 is 0.966 bits per heavy atom. The highest BCUT2D eigenvalue weighted by Gasteiger charge is 2.48. The molecule has 12 rings (SSSR count). The summed E-state index contributed by atoms with van der Waals surface area (Å²) in [4.78, 5) is 2.64. The SMILES string of the molecule is CC1(C)c2ccccc2-c2c(N(c3cccc4c3-c3ccccc3C4(c3ccccc3)c3ccccc3)c3cccc4c3sc3ccccc34)cc3ccccc3c21. The maximum absolute atomic E-state index is 2.64. The molecule has 274 valence electrons. The molecular formula is C56H39NS. The zero-order valence-corrected chi connectivity index (χ0v) is 33.2. The van der Waals surface area contributed by atoms with Gasteiger partial charge in [-0.25, -0.2) is 0 Å².